The van der Waals surface area contributed by atoms with Gasteiger partial charge >= 0.3 is 0 Å². The van der Waals surface area contributed by atoms with Crippen LogP contribution < -0.4 is 14.8 Å². The number of methoxy groups -OCH3 is 1. The first-order valence-electron chi connectivity index (χ1n) is 12.6. The van der Waals surface area contributed by atoms with Crippen LogP contribution in [0.2, 0.25) is 0 Å². The summed E-state index contributed by atoms with van der Waals surface area (Å²) in [6.07, 6.45) is 3.58. The molecule has 2 N–H and O–H groups in total. The molecule has 1 aliphatic carbocycles. The van der Waals surface area contributed by atoms with E-state index >= 15 is 0 Å². The number of nitrogens with zero attached hydrogens (tertiary/aromatic N) is 1. The number of hydrogen-bond acceptors (Lipinski definition) is 5. The summed E-state index contributed by atoms with van der Waals surface area (Å²) in [5, 5.41) is 13.5. The van der Waals surface area contributed by atoms with Crippen molar-refractivity contribution in [1.82, 2.24) is 4.90 Å². The van der Waals surface area contributed by atoms with Crippen molar-refractivity contribution in [2.24, 2.45) is 0 Å². The Morgan fingerprint density at radius 3 is 2.67 bits per heavy atom. The molecule has 0 bridgehead atoms. The number of halogens is 1. The van der Waals surface area contributed by atoms with Crippen molar-refractivity contribution in [3.8, 4) is 17.2 Å². The SMILES string of the molecule is COc1ccc(C2CCc3cc(O)ccc3C2)c(NC(C)Cc2ccc(OCCN(C)C)c(F)c2)c1. The van der Waals surface area contributed by atoms with Crippen LogP contribution in [0.1, 0.15) is 41.5 Å². The number of nitrogens with one attached hydrogen (secondary N) is 1. The number of anilines is 1. The summed E-state index contributed by atoms with van der Waals surface area (Å²) in [7, 11) is 5.60. The highest BCUT2D eigenvalue weighted by Crippen LogP contribution is 2.38. The molecule has 1 aliphatic rings. The number of rotatable bonds is 10. The van der Waals surface area contributed by atoms with Crippen LogP contribution >= 0.6 is 0 Å². The first-order chi connectivity index (χ1) is 17.3. The lowest BCUT2D eigenvalue weighted by Crippen LogP contribution is -2.21. The molecule has 3 aromatic carbocycles. The minimum Gasteiger partial charge on any atom is -0.508 e. The maximum Gasteiger partial charge on any atom is 0.165 e. The topological polar surface area (TPSA) is 54.0 Å². The highest BCUT2D eigenvalue weighted by atomic mass is 19.1. The van der Waals surface area contributed by atoms with E-state index in [0.717, 1.165) is 42.8 Å². The summed E-state index contributed by atoms with van der Waals surface area (Å²) < 4.78 is 25.7. The number of aryl methyl sites for hydroxylation is 1. The molecule has 36 heavy (non-hydrogen) atoms. The van der Waals surface area contributed by atoms with Crippen molar-refractivity contribution in [3.05, 3.63) is 82.7 Å². The van der Waals surface area contributed by atoms with Gasteiger partial charge in [0.2, 0.25) is 0 Å². The molecule has 0 heterocycles. The number of likely N-dealkylation sites (N-methyl/N-ethyl adjacent to an activating group) is 1. The van der Waals surface area contributed by atoms with Crippen LogP contribution in [0.3, 0.4) is 0 Å². The third kappa shape index (κ3) is 6.49. The zero-order valence-electron chi connectivity index (χ0n) is 21.7. The summed E-state index contributed by atoms with van der Waals surface area (Å²) in [5.74, 6) is 1.48. The molecule has 0 spiro atoms. The Bertz CT molecular complexity index is 1180. The van der Waals surface area contributed by atoms with Gasteiger partial charge in [-0.05, 0) is 105 Å². The van der Waals surface area contributed by atoms with Gasteiger partial charge in [-0.3, -0.25) is 0 Å². The third-order valence-electron chi connectivity index (χ3n) is 6.85. The second kappa shape index (κ2) is 11.7. The molecule has 0 saturated carbocycles. The van der Waals surface area contributed by atoms with Crippen LogP contribution in [0.4, 0.5) is 10.1 Å². The van der Waals surface area contributed by atoms with Gasteiger partial charge in [-0.2, -0.15) is 0 Å². The average Bonchev–Trinajstić information content (AvgIpc) is 2.84. The van der Waals surface area contributed by atoms with Gasteiger partial charge in [0.15, 0.2) is 11.6 Å². The second-order valence-corrected chi connectivity index (χ2v) is 10.0. The van der Waals surface area contributed by atoms with Gasteiger partial charge in [0.25, 0.3) is 0 Å². The maximum atomic E-state index is 14.6. The Morgan fingerprint density at radius 2 is 1.92 bits per heavy atom. The molecule has 0 fully saturated rings. The van der Waals surface area contributed by atoms with E-state index in [1.165, 1.54) is 16.7 Å². The monoisotopic (exact) mass is 492 g/mol. The van der Waals surface area contributed by atoms with E-state index in [1.54, 1.807) is 25.3 Å². The number of phenols is 1. The molecule has 2 atom stereocenters. The Kier molecular flexibility index (Phi) is 8.36. The standard InChI is InChI=1S/C30H37FN2O3/c1-20(15-21-5-12-30(28(31)16-21)36-14-13-33(2)3)32-29-19-26(35-4)10-11-27(29)24-7-6-23-18-25(34)9-8-22(23)17-24/h5,8-12,16,18-20,24,32,34H,6-7,13-15,17H2,1-4H3. The molecule has 0 aliphatic heterocycles. The van der Waals surface area contributed by atoms with E-state index in [1.807, 2.05) is 43.3 Å². The van der Waals surface area contributed by atoms with Crippen LogP contribution in [0.5, 0.6) is 17.2 Å². The van der Waals surface area contributed by atoms with Crippen molar-refractivity contribution in [1.29, 1.82) is 0 Å². The zero-order valence-corrected chi connectivity index (χ0v) is 21.7. The Morgan fingerprint density at radius 1 is 1.08 bits per heavy atom. The molecule has 192 valence electrons. The number of ether oxygens (including phenoxy) is 2. The second-order valence-electron chi connectivity index (χ2n) is 10.0. The van der Waals surface area contributed by atoms with Crippen LogP contribution in [-0.2, 0) is 19.3 Å². The fraction of sp³-hybridized carbons (Fsp3) is 0.400. The lowest BCUT2D eigenvalue weighted by molar-refractivity contribution is 0.252. The average molecular weight is 493 g/mol. The van der Waals surface area contributed by atoms with Crippen molar-refractivity contribution >= 4 is 5.69 Å². The molecule has 5 nitrogen and oxygen atoms in total. The Hall–Kier alpha value is -3.25. The fourth-order valence-electron chi connectivity index (χ4n) is 4.95. The predicted octanol–water partition coefficient (Wildman–Crippen LogP) is 5.80. The molecule has 0 saturated heterocycles. The first kappa shape index (κ1) is 25.8. The molecule has 0 amide bonds. The van der Waals surface area contributed by atoms with Crippen molar-refractivity contribution in [2.45, 2.75) is 44.6 Å². The Labute approximate surface area is 213 Å². The first-order valence-corrected chi connectivity index (χ1v) is 12.6. The molecular formula is C30H37FN2O3. The van der Waals surface area contributed by atoms with Crippen LogP contribution in [0.15, 0.2) is 54.6 Å². The minimum absolute atomic E-state index is 0.0867. The molecule has 4 rings (SSSR count). The Balaban J connectivity index is 1.46. The van der Waals surface area contributed by atoms with Gasteiger partial charge in [-0.1, -0.05) is 18.2 Å². The smallest absolute Gasteiger partial charge is 0.165 e. The summed E-state index contributed by atoms with van der Waals surface area (Å²) in [6.45, 7) is 3.30. The normalized spacial score (nSPS) is 15.9. The molecule has 3 aromatic rings. The zero-order chi connectivity index (χ0) is 25.7. The predicted molar refractivity (Wildman–Crippen MR) is 143 cm³/mol. The number of fused-ring (bicyclic) bond motifs is 1. The van der Waals surface area contributed by atoms with Crippen LogP contribution in [0.25, 0.3) is 0 Å². The lowest BCUT2D eigenvalue weighted by Gasteiger charge is -2.28. The maximum absolute atomic E-state index is 14.6. The van der Waals surface area contributed by atoms with Gasteiger partial charge in [0.1, 0.15) is 18.1 Å². The van der Waals surface area contributed by atoms with Gasteiger partial charge in [0.05, 0.1) is 7.11 Å². The number of phenolic OH excluding ortho intramolecular Hbond substituents is 1. The summed E-state index contributed by atoms with van der Waals surface area (Å²) in [4.78, 5) is 2.00. The van der Waals surface area contributed by atoms with Gasteiger partial charge in [-0.25, -0.2) is 4.39 Å². The van der Waals surface area contributed by atoms with Crippen LogP contribution in [-0.4, -0.2) is 50.4 Å². The van der Waals surface area contributed by atoms with Crippen molar-refractivity contribution in [2.75, 3.05) is 39.7 Å². The number of aromatic hydroxyl groups is 1. The number of benzene rings is 3. The summed E-state index contributed by atoms with van der Waals surface area (Å²) in [6, 6.07) is 17.2. The van der Waals surface area contributed by atoms with E-state index in [0.29, 0.717) is 30.4 Å². The van der Waals surface area contributed by atoms with Gasteiger partial charge in [-0.15, -0.1) is 0 Å². The molecule has 0 aromatic heterocycles. The van der Waals surface area contributed by atoms with Crippen molar-refractivity contribution in [3.63, 3.8) is 0 Å². The van der Waals surface area contributed by atoms with E-state index < -0.39 is 0 Å². The van der Waals surface area contributed by atoms with E-state index in [4.69, 9.17) is 9.47 Å². The van der Waals surface area contributed by atoms with Crippen LogP contribution in [0, 0.1) is 5.82 Å². The van der Waals surface area contributed by atoms with Gasteiger partial charge in [0, 0.05) is 24.3 Å². The van der Waals surface area contributed by atoms with E-state index in [-0.39, 0.29) is 11.9 Å². The minimum atomic E-state index is -0.326. The summed E-state index contributed by atoms with van der Waals surface area (Å²) in [5.41, 5.74) is 5.76. The molecular weight excluding hydrogens is 455 g/mol. The third-order valence-corrected chi connectivity index (χ3v) is 6.85. The number of hydrogen-bond donors (Lipinski definition) is 2. The fourth-order valence-corrected chi connectivity index (χ4v) is 4.95. The molecule has 6 heteroatoms. The van der Waals surface area contributed by atoms with E-state index in [2.05, 4.69) is 24.4 Å². The highest BCUT2D eigenvalue weighted by molar-refractivity contribution is 5.58. The van der Waals surface area contributed by atoms with Crippen molar-refractivity contribution < 1.29 is 19.0 Å². The highest BCUT2D eigenvalue weighted by Gasteiger charge is 2.23. The quantitative estimate of drug-likeness (QED) is 0.375. The largest absolute Gasteiger partial charge is 0.508 e. The van der Waals surface area contributed by atoms with Gasteiger partial charge < -0.3 is 24.8 Å². The molecule has 2 unspecified atom stereocenters. The van der Waals surface area contributed by atoms with E-state index in [9.17, 15) is 9.50 Å². The molecule has 0 radical (unpaired) electrons. The lowest BCUT2D eigenvalue weighted by atomic mass is 9.79. The summed E-state index contributed by atoms with van der Waals surface area (Å²) >= 11 is 0.